The molecule has 7 nitrogen and oxygen atoms in total. The van der Waals surface area contributed by atoms with Crippen LogP contribution in [0.4, 0.5) is 0 Å². The van der Waals surface area contributed by atoms with E-state index in [0.717, 1.165) is 10.8 Å². The first kappa shape index (κ1) is 16.3. The maximum Gasteiger partial charge on any atom is 0.350 e. The summed E-state index contributed by atoms with van der Waals surface area (Å²) >= 11 is 1.58. The summed E-state index contributed by atoms with van der Waals surface area (Å²) in [6, 6.07) is 8.80. The molecular weight excluding hydrogens is 326 g/mol. The van der Waals surface area contributed by atoms with Gasteiger partial charge in [-0.1, -0.05) is 13.0 Å². The number of hydrogen-bond donors (Lipinski definition) is 1. The van der Waals surface area contributed by atoms with Gasteiger partial charge in [0.05, 0.1) is 11.6 Å². The number of nitrogens with zero attached hydrogens (tertiary/aromatic N) is 4. The summed E-state index contributed by atoms with van der Waals surface area (Å²) in [5.74, 6) is 0.710. The fourth-order valence-corrected chi connectivity index (χ4v) is 2.91. The Hall–Kier alpha value is -2.61. The Morgan fingerprint density at radius 1 is 1.33 bits per heavy atom. The highest BCUT2D eigenvalue weighted by Crippen LogP contribution is 2.15. The van der Waals surface area contributed by atoms with E-state index >= 15 is 0 Å². The van der Waals surface area contributed by atoms with E-state index in [0.29, 0.717) is 24.3 Å². The predicted octanol–water partition coefficient (Wildman–Crippen LogP) is 1.43. The van der Waals surface area contributed by atoms with Crippen molar-refractivity contribution in [3.63, 3.8) is 0 Å². The van der Waals surface area contributed by atoms with E-state index in [-0.39, 0.29) is 11.6 Å². The topological polar surface area (TPSA) is 81.3 Å². The van der Waals surface area contributed by atoms with Gasteiger partial charge in [-0.3, -0.25) is 9.20 Å². The van der Waals surface area contributed by atoms with Crippen LogP contribution in [-0.4, -0.2) is 37.4 Å². The van der Waals surface area contributed by atoms with E-state index in [1.54, 1.807) is 48.4 Å². The molecule has 0 aliphatic rings. The summed E-state index contributed by atoms with van der Waals surface area (Å²) in [4.78, 5) is 28.5. The monoisotopic (exact) mass is 343 g/mol. The van der Waals surface area contributed by atoms with Crippen LogP contribution >= 0.6 is 11.8 Å². The summed E-state index contributed by atoms with van der Waals surface area (Å²) in [6.07, 6.45) is 3.29. The third-order valence-electron chi connectivity index (χ3n) is 3.39. The zero-order valence-corrected chi connectivity index (χ0v) is 14.0. The van der Waals surface area contributed by atoms with Crippen molar-refractivity contribution in [1.82, 2.24) is 24.5 Å². The molecule has 0 atom stereocenters. The van der Waals surface area contributed by atoms with Crippen molar-refractivity contribution in [2.24, 2.45) is 0 Å². The molecule has 8 heteroatoms. The minimum atomic E-state index is -0.217. The Morgan fingerprint density at radius 2 is 2.21 bits per heavy atom. The number of carbonyl (C=O) groups is 1. The molecule has 0 fully saturated rings. The molecule has 0 saturated heterocycles. The fraction of sp³-hybridized carbons (Fsp3) is 0.250. The third-order valence-corrected chi connectivity index (χ3v) is 4.19. The Kier molecular flexibility index (Phi) is 4.95. The lowest BCUT2D eigenvalue weighted by Crippen LogP contribution is -2.31. The van der Waals surface area contributed by atoms with Crippen LogP contribution in [0.25, 0.3) is 5.65 Å². The molecule has 0 unspecified atom stereocenters. The van der Waals surface area contributed by atoms with Crippen molar-refractivity contribution in [2.45, 2.75) is 18.5 Å². The number of rotatable bonds is 6. The van der Waals surface area contributed by atoms with Crippen LogP contribution in [0.5, 0.6) is 0 Å². The molecule has 0 aliphatic heterocycles. The molecule has 3 aromatic heterocycles. The predicted molar refractivity (Wildman–Crippen MR) is 92.4 cm³/mol. The average Bonchev–Trinajstić information content (AvgIpc) is 2.92. The highest BCUT2D eigenvalue weighted by atomic mass is 32.2. The minimum absolute atomic E-state index is 0.188. The van der Waals surface area contributed by atoms with Crippen LogP contribution in [0.2, 0.25) is 0 Å². The van der Waals surface area contributed by atoms with Crippen LogP contribution in [0.15, 0.2) is 52.5 Å². The Morgan fingerprint density at radius 3 is 3.00 bits per heavy atom. The molecule has 0 aliphatic carbocycles. The van der Waals surface area contributed by atoms with Crippen molar-refractivity contribution >= 4 is 23.3 Å². The molecule has 3 heterocycles. The number of pyridine rings is 2. The van der Waals surface area contributed by atoms with Crippen molar-refractivity contribution in [3.05, 3.63) is 58.8 Å². The minimum Gasteiger partial charge on any atom is -0.350 e. The second-order valence-electron chi connectivity index (χ2n) is 5.01. The molecule has 1 amide bonds. The number of carbonyl (C=O) groups excluding carboxylic acids is 1. The molecule has 3 aromatic rings. The Labute approximate surface area is 142 Å². The number of nitrogens with one attached hydrogen (secondary N) is 1. The number of fused-ring (bicyclic) bond motifs is 1. The van der Waals surface area contributed by atoms with Gasteiger partial charge in [0, 0.05) is 24.5 Å². The molecule has 24 heavy (non-hydrogen) atoms. The average molecular weight is 343 g/mol. The number of amides is 1. The Bertz CT molecular complexity index is 918. The van der Waals surface area contributed by atoms with E-state index in [2.05, 4.69) is 15.4 Å². The van der Waals surface area contributed by atoms with Gasteiger partial charge in [-0.05, 0) is 30.0 Å². The first-order chi connectivity index (χ1) is 11.7. The summed E-state index contributed by atoms with van der Waals surface area (Å²) < 4.78 is 2.82. The highest BCUT2D eigenvalue weighted by Gasteiger charge is 2.09. The van der Waals surface area contributed by atoms with Crippen LogP contribution in [0.3, 0.4) is 0 Å². The lowest BCUT2D eigenvalue weighted by atomic mass is 10.2. The smallest absolute Gasteiger partial charge is 0.350 e. The fourth-order valence-electron chi connectivity index (χ4n) is 2.27. The van der Waals surface area contributed by atoms with Gasteiger partial charge in [0.1, 0.15) is 0 Å². The number of aromatic nitrogens is 4. The first-order valence-electron chi connectivity index (χ1n) is 7.60. The molecule has 0 bridgehead atoms. The molecule has 1 N–H and O–H groups in total. The number of hydrogen-bond acceptors (Lipinski definition) is 5. The van der Waals surface area contributed by atoms with E-state index in [1.807, 2.05) is 13.0 Å². The molecule has 0 aromatic carbocycles. The molecule has 0 saturated carbocycles. The zero-order chi connectivity index (χ0) is 16.9. The highest BCUT2D eigenvalue weighted by molar-refractivity contribution is 7.99. The van der Waals surface area contributed by atoms with E-state index in [4.69, 9.17) is 0 Å². The van der Waals surface area contributed by atoms with Gasteiger partial charge >= 0.3 is 5.69 Å². The van der Waals surface area contributed by atoms with Gasteiger partial charge in [-0.25, -0.2) is 14.5 Å². The summed E-state index contributed by atoms with van der Waals surface area (Å²) in [5.41, 5.74) is 0.929. The lowest BCUT2D eigenvalue weighted by Gasteiger charge is -2.06. The molecule has 124 valence electrons. The quantitative estimate of drug-likeness (QED) is 0.685. The van der Waals surface area contributed by atoms with Gasteiger partial charge in [0.25, 0.3) is 5.91 Å². The second-order valence-corrected chi connectivity index (χ2v) is 6.29. The molecule has 0 radical (unpaired) electrons. The Balaban J connectivity index is 1.63. The second kappa shape index (κ2) is 7.31. The van der Waals surface area contributed by atoms with Gasteiger partial charge in [-0.15, -0.1) is 16.9 Å². The van der Waals surface area contributed by atoms with Gasteiger partial charge < -0.3 is 5.32 Å². The normalized spacial score (nSPS) is 10.9. The van der Waals surface area contributed by atoms with Crippen molar-refractivity contribution in [3.8, 4) is 0 Å². The van der Waals surface area contributed by atoms with Crippen LogP contribution in [0.1, 0.15) is 17.3 Å². The van der Waals surface area contributed by atoms with Gasteiger partial charge in [0.15, 0.2) is 5.65 Å². The SMILES string of the molecule is CCSc1cc(C(=O)NCCn2nc3ccccn3c2=O)ccn1. The summed E-state index contributed by atoms with van der Waals surface area (Å²) in [7, 11) is 0. The van der Waals surface area contributed by atoms with Crippen molar-refractivity contribution < 1.29 is 4.79 Å². The van der Waals surface area contributed by atoms with Crippen molar-refractivity contribution in [1.29, 1.82) is 0 Å². The van der Waals surface area contributed by atoms with Crippen LogP contribution in [-0.2, 0) is 6.54 Å². The van der Waals surface area contributed by atoms with Gasteiger partial charge in [0.2, 0.25) is 0 Å². The van der Waals surface area contributed by atoms with Crippen LogP contribution in [0, 0.1) is 0 Å². The van der Waals surface area contributed by atoms with E-state index in [1.165, 1.54) is 9.08 Å². The maximum atomic E-state index is 12.2. The zero-order valence-electron chi connectivity index (χ0n) is 13.2. The van der Waals surface area contributed by atoms with Gasteiger partial charge in [-0.2, -0.15) is 0 Å². The molecular formula is C16H17N5O2S. The van der Waals surface area contributed by atoms with E-state index in [9.17, 15) is 9.59 Å². The van der Waals surface area contributed by atoms with E-state index < -0.39 is 0 Å². The standard InChI is InChI=1S/C16H17N5O2S/c1-2-24-14-11-12(6-7-17-14)15(22)18-8-10-21-16(23)20-9-4-3-5-13(20)19-21/h3-7,9,11H,2,8,10H2,1H3,(H,18,22). The molecule has 3 rings (SSSR count). The number of thioether (sulfide) groups is 1. The van der Waals surface area contributed by atoms with Crippen molar-refractivity contribution in [2.75, 3.05) is 12.3 Å². The lowest BCUT2D eigenvalue weighted by molar-refractivity contribution is 0.0951. The third kappa shape index (κ3) is 3.48. The largest absolute Gasteiger partial charge is 0.350 e. The summed E-state index contributed by atoms with van der Waals surface area (Å²) in [6.45, 7) is 2.67. The van der Waals surface area contributed by atoms with Crippen LogP contribution < -0.4 is 11.0 Å². The maximum absolute atomic E-state index is 12.2. The first-order valence-corrected chi connectivity index (χ1v) is 8.59. The molecule has 0 spiro atoms. The summed E-state index contributed by atoms with van der Waals surface area (Å²) in [5, 5.41) is 7.85.